The Bertz CT molecular complexity index is 575. The van der Waals surface area contributed by atoms with Crippen LogP contribution >= 0.6 is 35.3 Å². The molecule has 2 N–H and O–H groups in total. The average molecular weight is 459 g/mol. The Kier molecular flexibility index (Phi) is 10.7. The van der Waals surface area contributed by atoms with Gasteiger partial charge in [-0.05, 0) is 33.9 Å². The standard InChI is InChI=1S/C18H25N3OS.HI/c1-15(17-8-11-23-14-17)12-21-18(19-2)20-9-10-22-13-16-6-4-3-5-7-16;/h3-8,11,14-15H,9-10,12-13H2,1-2H3,(H2,19,20,21);1H. The van der Waals surface area contributed by atoms with Crippen LogP contribution in [0.4, 0.5) is 0 Å². The molecule has 4 nitrogen and oxygen atoms in total. The summed E-state index contributed by atoms with van der Waals surface area (Å²) in [6.07, 6.45) is 0. The molecule has 1 aromatic carbocycles. The van der Waals surface area contributed by atoms with E-state index >= 15 is 0 Å². The molecule has 0 spiro atoms. The van der Waals surface area contributed by atoms with Crippen molar-refractivity contribution in [2.24, 2.45) is 4.99 Å². The van der Waals surface area contributed by atoms with Gasteiger partial charge in [0, 0.05) is 20.1 Å². The summed E-state index contributed by atoms with van der Waals surface area (Å²) < 4.78 is 5.66. The molecule has 0 radical (unpaired) electrons. The first kappa shape index (κ1) is 20.9. The van der Waals surface area contributed by atoms with Gasteiger partial charge in [-0.25, -0.2) is 0 Å². The van der Waals surface area contributed by atoms with E-state index in [0.717, 1.165) is 19.0 Å². The Morgan fingerprint density at radius 3 is 2.67 bits per heavy atom. The second-order valence-electron chi connectivity index (χ2n) is 5.38. The first-order chi connectivity index (χ1) is 11.3. The van der Waals surface area contributed by atoms with E-state index in [1.807, 2.05) is 18.2 Å². The van der Waals surface area contributed by atoms with Crippen LogP contribution in [-0.4, -0.2) is 32.7 Å². The van der Waals surface area contributed by atoms with E-state index in [1.165, 1.54) is 11.1 Å². The van der Waals surface area contributed by atoms with Crippen molar-refractivity contribution in [1.29, 1.82) is 0 Å². The second kappa shape index (κ2) is 12.3. The molecular weight excluding hydrogens is 433 g/mol. The van der Waals surface area contributed by atoms with Crippen LogP contribution in [0.25, 0.3) is 0 Å². The number of nitrogens with one attached hydrogen (secondary N) is 2. The Labute approximate surface area is 165 Å². The van der Waals surface area contributed by atoms with E-state index in [4.69, 9.17) is 4.74 Å². The minimum absolute atomic E-state index is 0. The molecule has 0 aliphatic heterocycles. The van der Waals surface area contributed by atoms with Crippen molar-refractivity contribution in [2.45, 2.75) is 19.4 Å². The van der Waals surface area contributed by atoms with E-state index in [0.29, 0.717) is 19.1 Å². The lowest BCUT2D eigenvalue weighted by atomic mass is 10.1. The fourth-order valence-corrected chi connectivity index (χ4v) is 2.93. The third kappa shape index (κ3) is 7.63. The minimum Gasteiger partial charge on any atom is -0.375 e. The summed E-state index contributed by atoms with van der Waals surface area (Å²) in [4.78, 5) is 4.24. The van der Waals surface area contributed by atoms with E-state index in [2.05, 4.69) is 51.5 Å². The fraction of sp³-hybridized carbons (Fsp3) is 0.389. The van der Waals surface area contributed by atoms with Crippen molar-refractivity contribution in [1.82, 2.24) is 10.6 Å². The van der Waals surface area contributed by atoms with E-state index < -0.39 is 0 Å². The molecule has 0 aliphatic rings. The number of ether oxygens (including phenoxy) is 1. The molecule has 24 heavy (non-hydrogen) atoms. The smallest absolute Gasteiger partial charge is 0.191 e. The van der Waals surface area contributed by atoms with Gasteiger partial charge in [0.2, 0.25) is 0 Å². The number of halogens is 1. The van der Waals surface area contributed by atoms with E-state index in [-0.39, 0.29) is 24.0 Å². The lowest BCUT2D eigenvalue weighted by Gasteiger charge is -2.15. The first-order valence-corrected chi connectivity index (χ1v) is 8.82. The van der Waals surface area contributed by atoms with Crippen LogP contribution in [-0.2, 0) is 11.3 Å². The Morgan fingerprint density at radius 1 is 1.21 bits per heavy atom. The summed E-state index contributed by atoms with van der Waals surface area (Å²) in [5.41, 5.74) is 2.56. The summed E-state index contributed by atoms with van der Waals surface area (Å²) in [7, 11) is 1.79. The Morgan fingerprint density at radius 2 is 2.00 bits per heavy atom. The molecule has 1 unspecified atom stereocenters. The highest BCUT2D eigenvalue weighted by Crippen LogP contribution is 2.16. The van der Waals surface area contributed by atoms with Crippen LogP contribution in [0, 0.1) is 0 Å². The zero-order valence-corrected chi connectivity index (χ0v) is 17.3. The maximum absolute atomic E-state index is 5.66. The molecule has 0 amide bonds. The van der Waals surface area contributed by atoms with E-state index in [1.54, 1.807) is 18.4 Å². The molecule has 2 aromatic rings. The predicted octanol–water partition coefficient (Wildman–Crippen LogP) is 3.85. The van der Waals surface area contributed by atoms with Crippen LogP contribution in [0.15, 0.2) is 52.2 Å². The second-order valence-corrected chi connectivity index (χ2v) is 6.16. The van der Waals surface area contributed by atoms with Gasteiger partial charge in [0.25, 0.3) is 0 Å². The SMILES string of the molecule is CN=C(NCCOCc1ccccc1)NCC(C)c1ccsc1.I. The van der Waals surface area contributed by atoms with Crippen molar-refractivity contribution in [3.8, 4) is 0 Å². The van der Waals surface area contributed by atoms with Crippen LogP contribution in [0.3, 0.4) is 0 Å². The van der Waals surface area contributed by atoms with Gasteiger partial charge in [-0.3, -0.25) is 4.99 Å². The number of nitrogens with zero attached hydrogens (tertiary/aromatic N) is 1. The van der Waals surface area contributed by atoms with Gasteiger partial charge in [-0.1, -0.05) is 37.3 Å². The predicted molar refractivity (Wildman–Crippen MR) is 114 cm³/mol. The lowest BCUT2D eigenvalue weighted by molar-refractivity contribution is 0.125. The van der Waals surface area contributed by atoms with Gasteiger partial charge in [0.05, 0.1) is 13.2 Å². The molecule has 0 fully saturated rings. The molecule has 1 aromatic heterocycles. The zero-order chi connectivity index (χ0) is 16.3. The zero-order valence-electron chi connectivity index (χ0n) is 14.2. The van der Waals surface area contributed by atoms with Crippen molar-refractivity contribution < 1.29 is 4.74 Å². The van der Waals surface area contributed by atoms with Gasteiger partial charge in [0.15, 0.2) is 5.96 Å². The molecule has 0 saturated heterocycles. The highest BCUT2D eigenvalue weighted by atomic mass is 127. The number of thiophene rings is 1. The molecule has 0 aliphatic carbocycles. The summed E-state index contributed by atoms with van der Waals surface area (Å²) in [5.74, 6) is 1.28. The normalized spacial score (nSPS) is 12.3. The highest BCUT2D eigenvalue weighted by molar-refractivity contribution is 14.0. The Balaban J connectivity index is 0.00000288. The third-order valence-electron chi connectivity index (χ3n) is 3.56. The molecule has 132 valence electrons. The third-order valence-corrected chi connectivity index (χ3v) is 4.26. The molecule has 1 atom stereocenters. The van der Waals surface area contributed by atoms with Crippen molar-refractivity contribution in [2.75, 3.05) is 26.7 Å². The maximum Gasteiger partial charge on any atom is 0.191 e. The molecular formula is C18H26IN3OS. The van der Waals surface area contributed by atoms with Crippen molar-refractivity contribution in [3.63, 3.8) is 0 Å². The fourth-order valence-electron chi connectivity index (χ4n) is 2.15. The number of guanidine groups is 1. The summed E-state index contributed by atoms with van der Waals surface area (Å²) in [6.45, 7) is 5.10. The lowest BCUT2D eigenvalue weighted by Crippen LogP contribution is -2.40. The van der Waals surface area contributed by atoms with Crippen LogP contribution in [0.5, 0.6) is 0 Å². The highest BCUT2D eigenvalue weighted by Gasteiger charge is 2.06. The quantitative estimate of drug-likeness (QED) is 0.273. The van der Waals surface area contributed by atoms with Crippen LogP contribution in [0.2, 0.25) is 0 Å². The van der Waals surface area contributed by atoms with Crippen LogP contribution in [0.1, 0.15) is 24.0 Å². The number of hydrogen-bond acceptors (Lipinski definition) is 3. The van der Waals surface area contributed by atoms with Crippen molar-refractivity contribution in [3.05, 3.63) is 58.3 Å². The minimum atomic E-state index is 0. The monoisotopic (exact) mass is 459 g/mol. The largest absolute Gasteiger partial charge is 0.375 e. The van der Waals surface area contributed by atoms with Crippen molar-refractivity contribution >= 4 is 41.3 Å². The molecule has 6 heteroatoms. The summed E-state index contributed by atoms with van der Waals surface area (Å²) in [5, 5.41) is 10.9. The van der Waals surface area contributed by atoms with Gasteiger partial charge in [-0.2, -0.15) is 11.3 Å². The van der Waals surface area contributed by atoms with E-state index in [9.17, 15) is 0 Å². The number of hydrogen-bond donors (Lipinski definition) is 2. The molecule has 2 rings (SSSR count). The van der Waals surface area contributed by atoms with Gasteiger partial charge in [0.1, 0.15) is 0 Å². The summed E-state index contributed by atoms with van der Waals surface area (Å²) in [6, 6.07) is 12.4. The first-order valence-electron chi connectivity index (χ1n) is 7.88. The maximum atomic E-state index is 5.66. The van der Waals surface area contributed by atoms with Gasteiger partial charge < -0.3 is 15.4 Å². The number of aliphatic imine (C=N–C) groups is 1. The molecule has 0 saturated carbocycles. The van der Waals surface area contributed by atoms with Gasteiger partial charge >= 0.3 is 0 Å². The number of rotatable bonds is 8. The van der Waals surface area contributed by atoms with Gasteiger partial charge in [-0.15, -0.1) is 24.0 Å². The topological polar surface area (TPSA) is 45.7 Å². The Hall–Kier alpha value is -1.12. The summed E-state index contributed by atoms with van der Waals surface area (Å²) >= 11 is 1.74. The number of benzene rings is 1. The molecule has 0 bridgehead atoms. The van der Waals surface area contributed by atoms with Crippen LogP contribution < -0.4 is 10.6 Å². The average Bonchev–Trinajstić information content (AvgIpc) is 3.12. The molecule has 1 heterocycles.